The molecule has 0 saturated carbocycles. The van der Waals surface area contributed by atoms with Crippen LogP contribution in [0.4, 0.5) is 11.6 Å². The average Bonchev–Trinajstić information content (AvgIpc) is 3.01. The van der Waals surface area contributed by atoms with Crippen LogP contribution in [0.15, 0.2) is 29.6 Å². The molecule has 2 heterocycles. The zero-order valence-electron chi connectivity index (χ0n) is 10.7. The number of nitrogen functional groups attached to an aromatic ring is 1. The highest BCUT2D eigenvalue weighted by atomic mass is 32.1. The molecule has 0 aliphatic heterocycles. The molecular weight excluding hydrogens is 256 g/mol. The molecule has 0 fully saturated rings. The Morgan fingerprint density at radius 3 is 3.11 bits per heavy atom. The number of H-pyrrole nitrogens is 1. The van der Waals surface area contributed by atoms with Gasteiger partial charge in [0, 0.05) is 10.6 Å². The van der Waals surface area contributed by atoms with E-state index < -0.39 is 0 Å². The van der Waals surface area contributed by atoms with E-state index in [4.69, 9.17) is 5.73 Å². The summed E-state index contributed by atoms with van der Waals surface area (Å²) in [6.45, 7) is 2.98. The van der Waals surface area contributed by atoms with Gasteiger partial charge in [0.15, 0.2) is 0 Å². The average molecular weight is 272 g/mol. The minimum absolute atomic E-state index is 0.745. The summed E-state index contributed by atoms with van der Waals surface area (Å²) in [6, 6.07) is 7.87. The molecular formula is C14H16N4S. The number of nitrogens with zero attached hydrogens (tertiary/aromatic N) is 1. The predicted molar refractivity (Wildman–Crippen MR) is 81.5 cm³/mol. The van der Waals surface area contributed by atoms with Gasteiger partial charge >= 0.3 is 0 Å². The van der Waals surface area contributed by atoms with Gasteiger partial charge in [0.2, 0.25) is 5.95 Å². The minimum Gasteiger partial charge on any atom is -0.399 e. The van der Waals surface area contributed by atoms with Crippen molar-refractivity contribution >= 4 is 34.0 Å². The van der Waals surface area contributed by atoms with Gasteiger partial charge in [-0.3, -0.25) is 0 Å². The van der Waals surface area contributed by atoms with E-state index in [1.54, 1.807) is 11.3 Å². The fourth-order valence-corrected chi connectivity index (χ4v) is 3.03. The van der Waals surface area contributed by atoms with Crippen LogP contribution >= 0.6 is 11.3 Å². The summed E-state index contributed by atoms with van der Waals surface area (Å²) in [6.07, 6.45) is 1.07. The number of benzene rings is 1. The minimum atomic E-state index is 0.745. The van der Waals surface area contributed by atoms with E-state index in [2.05, 4.69) is 33.7 Å². The van der Waals surface area contributed by atoms with Crippen LogP contribution in [-0.2, 0) is 13.0 Å². The number of aromatic nitrogens is 2. The second kappa shape index (κ2) is 4.93. The van der Waals surface area contributed by atoms with E-state index in [0.717, 1.165) is 35.6 Å². The van der Waals surface area contributed by atoms with Crippen LogP contribution in [0.5, 0.6) is 0 Å². The molecule has 0 atom stereocenters. The number of thiophene rings is 1. The van der Waals surface area contributed by atoms with Crippen LogP contribution < -0.4 is 11.1 Å². The number of hydrogen-bond donors (Lipinski definition) is 3. The summed E-state index contributed by atoms with van der Waals surface area (Å²) in [5, 5.41) is 5.47. The molecule has 0 radical (unpaired) electrons. The molecule has 2 aromatic heterocycles. The van der Waals surface area contributed by atoms with Crippen molar-refractivity contribution in [2.75, 3.05) is 11.1 Å². The highest BCUT2D eigenvalue weighted by molar-refractivity contribution is 7.10. The Kier molecular flexibility index (Phi) is 3.13. The van der Waals surface area contributed by atoms with Gasteiger partial charge in [0.05, 0.1) is 17.6 Å². The quantitative estimate of drug-likeness (QED) is 0.638. The Bertz CT molecular complexity index is 698. The van der Waals surface area contributed by atoms with Crippen molar-refractivity contribution in [1.82, 2.24) is 9.97 Å². The lowest BCUT2D eigenvalue weighted by Gasteiger charge is -2.02. The van der Waals surface area contributed by atoms with Crippen molar-refractivity contribution in [3.05, 3.63) is 40.1 Å². The standard InChI is InChI=1S/C14H16N4S/c1-2-9-5-6-19-13(9)8-16-14-17-11-4-3-10(15)7-12(11)18-14/h3-7H,2,8,15H2,1H3,(H2,16,17,18). The third-order valence-electron chi connectivity index (χ3n) is 3.14. The first-order valence-corrected chi connectivity index (χ1v) is 7.18. The molecule has 4 nitrogen and oxygen atoms in total. The molecule has 98 valence electrons. The SMILES string of the molecule is CCc1ccsc1CNc1nc2ccc(N)cc2[nH]1. The fraction of sp³-hybridized carbons (Fsp3) is 0.214. The maximum Gasteiger partial charge on any atom is 0.201 e. The Hall–Kier alpha value is -2.01. The van der Waals surface area contributed by atoms with Crippen molar-refractivity contribution < 1.29 is 0 Å². The van der Waals surface area contributed by atoms with Gasteiger partial charge < -0.3 is 16.0 Å². The third-order valence-corrected chi connectivity index (χ3v) is 4.10. The highest BCUT2D eigenvalue weighted by Crippen LogP contribution is 2.20. The van der Waals surface area contributed by atoms with E-state index >= 15 is 0 Å². The van der Waals surface area contributed by atoms with Gasteiger partial charge in [-0.2, -0.15) is 0 Å². The lowest BCUT2D eigenvalue weighted by molar-refractivity contribution is 1.06. The van der Waals surface area contributed by atoms with Gasteiger partial charge in [-0.15, -0.1) is 11.3 Å². The van der Waals surface area contributed by atoms with Gasteiger partial charge in [-0.1, -0.05) is 6.92 Å². The van der Waals surface area contributed by atoms with Crippen LogP contribution in [0.3, 0.4) is 0 Å². The fourth-order valence-electron chi connectivity index (χ4n) is 2.11. The molecule has 19 heavy (non-hydrogen) atoms. The van der Waals surface area contributed by atoms with E-state index in [9.17, 15) is 0 Å². The first-order chi connectivity index (χ1) is 9.26. The maximum atomic E-state index is 5.76. The van der Waals surface area contributed by atoms with Gasteiger partial charge in [-0.05, 0) is 41.6 Å². The van der Waals surface area contributed by atoms with Gasteiger partial charge in [-0.25, -0.2) is 4.98 Å². The predicted octanol–water partition coefficient (Wildman–Crippen LogP) is 3.38. The number of nitrogens with one attached hydrogen (secondary N) is 2. The summed E-state index contributed by atoms with van der Waals surface area (Å²) in [5.74, 6) is 0.788. The molecule has 3 aromatic rings. The molecule has 0 bridgehead atoms. The molecule has 0 aliphatic rings. The number of hydrogen-bond acceptors (Lipinski definition) is 4. The van der Waals surface area contributed by atoms with Crippen LogP contribution in [-0.4, -0.2) is 9.97 Å². The first-order valence-electron chi connectivity index (χ1n) is 6.30. The maximum absolute atomic E-state index is 5.76. The first kappa shape index (κ1) is 12.0. The van der Waals surface area contributed by atoms with E-state index in [-0.39, 0.29) is 0 Å². The Morgan fingerprint density at radius 1 is 1.37 bits per heavy atom. The third kappa shape index (κ3) is 2.42. The lowest BCUT2D eigenvalue weighted by Crippen LogP contribution is -2.00. The number of imidazole rings is 1. The number of aromatic amines is 1. The summed E-state index contributed by atoms with van der Waals surface area (Å²) < 4.78 is 0. The van der Waals surface area contributed by atoms with E-state index in [0.29, 0.717) is 0 Å². The summed E-state index contributed by atoms with van der Waals surface area (Å²) in [4.78, 5) is 9.09. The lowest BCUT2D eigenvalue weighted by atomic mass is 10.2. The smallest absolute Gasteiger partial charge is 0.201 e. The van der Waals surface area contributed by atoms with Crippen molar-refractivity contribution in [3.8, 4) is 0 Å². The zero-order valence-corrected chi connectivity index (χ0v) is 11.6. The van der Waals surface area contributed by atoms with Crippen LogP contribution in [0, 0.1) is 0 Å². The Labute approximate surface area is 115 Å². The van der Waals surface area contributed by atoms with Crippen molar-refractivity contribution in [3.63, 3.8) is 0 Å². The van der Waals surface area contributed by atoms with Gasteiger partial charge in [0.25, 0.3) is 0 Å². The molecule has 1 aromatic carbocycles. The van der Waals surface area contributed by atoms with Crippen LogP contribution in [0.1, 0.15) is 17.4 Å². The summed E-state index contributed by atoms with van der Waals surface area (Å²) >= 11 is 1.78. The summed E-state index contributed by atoms with van der Waals surface area (Å²) in [7, 11) is 0. The van der Waals surface area contributed by atoms with Crippen LogP contribution in [0.25, 0.3) is 11.0 Å². The number of fused-ring (bicyclic) bond motifs is 1. The van der Waals surface area contributed by atoms with Crippen molar-refractivity contribution in [2.24, 2.45) is 0 Å². The van der Waals surface area contributed by atoms with E-state index in [1.165, 1.54) is 10.4 Å². The normalized spacial score (nSPS) is 11.0. The molecule has 4 N–H and O–H groups in total. The Balaban J connectivity index is 1.78. The molecule has 3 rings (SSSR count). The number of nitrogens with two attached hydrogens (primary N) is 1. The molecule has 0 aliphatic carbocycles. The zero-order chi connectivity index (χ0) is 13.2. The van der Waals surface area contributed by atoms with E-state index in [1.807, 2.05) is 18.2 Å². The topological polar surface area (TPSA) is 66.7 Å². The van der Waals surface area contributed by atoms with Crippen molar-refractivity contribution in [1.29, 1.82) is 0 Å². The highest BCUT2D eigenvalue weighted by Gasteiger charge is 2.05. The Morgan fingerprint density at radius 2 is 2.26 bits per heavy atom. The van der Waals surface area contributed by atoms with Gasteiger partial charge in [0.1, 0.15) is 0 Å². The molecule has 5 heteroatoms. The number of anilines is 2. The molecule has 0 unspecified atom stereocenters. The van der Waals surface area contributed by atoms with Crippen LogP contribution in [0.2, 0.25) is 0 Å². The van der Waals surface area contributed by atoms with Crippen molar-refractivity contribution in [2.45, 2.75) is 19.9 Å². The number of aryl methyl sites for hydroxylation is 1. The monoisotopic (exact) mass is 272 g/mol. The second-order valence-corrected chi connectivity index (χ2v) is 5.44. The number of rotatable bonds is 4. The molecule has 0 amide bonds. The summed E-state index contributed by atoms with van der Waals surface area (Å²) in [5.41, 5.74) is 9.79. The molecule has 0 saturated heterocycles. The largest absolute Gasteiger partial charge is 0.399 e. The molecule has 0 spiro atoms. The second-order valence-electron chi connectivity index (χ2n) is 4.44.